The second kappa shape index (κ2) is 11.8. The van der Waals surface area contributed by atoms with Crippen molar-refractivity contribution in [1.29, 1.82) is 0 Å². The van der Waals surface area contributed by atoms with Crippen LogP contribution in [0.5, 0.6) is 5.75 Å². The average Bonchev–Trinajstić information content (AvgIpc) is 3.28. The highest BCUT2D eigenvalue weighted by Crippen LogP contribution is 2.41. The van der Waals surface area contributed by atoms with E-state index in [1.165, 1.54) is 4.90 Å². The molecule has 2 aromatic rings. The van der Waals surface area contributed by atoms with Crippen LogP contribution in [0, 0.1) is 25.3 Å². The van der Waals surface area contributed by atoms with Crippen LogP contribution in [-0.4, -0.2) is 43.8 Å². The van der Waals surface area contributed by atoms with Gasteiger partial charge >= 0.3 is 6.09 Å². The van der Waals surface area contributed by atoms with E-state index in [-0.39, 0.29) is 12.5 Å². The lowest BCUT2D eigenvalue weighted by molar-refractivity contribution is -0.116. The largest absolute Gasteiger partial charge is 0.496 e. The van der Waals surface area contributed by atoms with Gasteiger partial charge in [0.15, 0.2) is 0 Å². The predicted octanol–water partition coefficient (Wildman–Crippen LogP) is 6.87. The summed E-state index contributed by atoms with van der Waals surface area (Å²) in [6, 6.07) is 3.69. The van der Waals surface area contributed by atoms with E-state index in [1.807, 2.05) is 26.0 Å². The standard InChI is InChI=1S/C31H43N3O4Si/c1-19(2)39(20(3)4,21(5)6)14-12-25-15-26(16-29-27(25)11-13-33(29)24(9)35)34(31(36)37)18-28-23(8)30(38-10)22(7)17-32-28/h15-17,19-21H,11,13,18H2,1-10H3,(H,36,37). The van der Waals surface area contributed by atoms with Gasteiger partial charge < -0.3 is 14.7 Å². The lowest BCUT2D eigenvalue weighted by Crippen LogP contribution is -2.43. The van der Waals surface area contributed by atoms with Crippen molar-refractivity contribution in [2.45, 2.75) is 91.9 Å². The molecule has 7 nitrogen and oxygen atoms in total. The van der Waals surface area contributed by atoms with Gasteiger partial charge in [0.05, 0.1) is 30.7 Å². The number of hydrogen-bond acceptors (Lipinski definition) is 4. The Morgan fingerprint density at radius 1 is 1.13 bits per heavy atom. The summed E-state index contributed by atoms with van der Waals surface area (Å²) in [6.07, 6.45) is 1.30. The Balaban J connectivity index is 2.22. The zero-order valence-corrected chi connectivity index (χ0v) is 26.1. The van der Waals surface area contributed by atoms with Crippen molar-refractivity contribution in [2.24, 2.45) is 0 Å². The topological polar surface area (TPSA) is 83.0 Å². The minimum Gasteiger partial charge on any atom is -0.496 e. The summed E-state index contributed by atoms with van der Waals surface area (Å²) >= 11 is 0. The number of carbonyl (C=O) groups is 2. The number of anilines is 2. The number of nitrogens with zero attached hydrogens (tertiary/aromatic N) is 3. The van der Waals surface area contributed by atoms with Gasteiger partial charge in [-0.15, -0.1) is 5.54 Å². The maximum Gasteiger partial charge on any atom is 0.412 e. The Labute approximate surface area is 234 Å². The molecule has 1 N–H and O–H groups in total. The van der Waals surface area contributed by atoms with Gasteiger partial charge in [0.1, 0.15) is 13.8 Å². The second-order valence-electron chi connectivity index (χ2n) is 11.5. The molecule has 0 bridgehead atoms. The van der Waals surface area contributed by atoms with Gasteiger partial charge in [-0.05, 0) is 54.6 Å². The molecule has 8 heteroatoms. The first kappa shape index (κ1) is 30.2. The summed E-state index contributed by atoms with van der Waals surface area (Å²) in [7, 11) is -0.426. The number of amides is 2. The Morgan fingerprint density at radius 3 is 2.26 bits per heavy atom. The molecule has 0 saturated carbocycles. The molecule has 0 unspecified atom stereocenters. The van der Waals surface area contributed by atoms with Crippen molar-refractivity contribution in [3.63, 3.8) is 0 Å². The summed E-state index contributed by atoms with van der Waals surface area (Å²) in [6.45, 7) is 19.6. The molecular formula is C31H43N3O4Si. The molecule has 2 amide bonds. The first-order valence-electron chi connectivity index (χ1n) is 13.7. The van der Waals surface area contributed by atoms with E-state index >= 15 is 0 Å². The number of hydrogen-bond donors (Lipinski definition) is 1. The van der Waals surface area contributed by atoms with Crippen LogP contribution in [0.3, 0.4) is 0 Å². The Kier molecular flexibility index (Phi) is 9.17. The van der Waals surface area contributed by atoms with Crippen LogP contribution >= 0.6 is 0 Å². The summed E-state index contributed by atoms with van der Waals surface area (Å²) in [5.41, 5.74) is 10.5. The van der Waals surface area contributed by atoms with Crippen LogP contribution < -0.4 is 14.5 Å². The van der Waals surface area contributed by atoms with Crippen molar-refractivity contribution in [1.82, 2.24) is 4.98 Å². The molecule has 0 atom stereocenters. The van der Waals surface area contributed by atoms with Crippen LogP contribution in [0.4, 0.5) is 16.2 Å². The van der Waals surface area contributed by atoms with Gasteiger partial charge in [-0.1, -0.05) is 47.5 Å². The molecule has 0 fully saturated rings. The molecule has 1 aliphatic heterocycles. The summed E-state index contributed by atoms with van der Waals surface area (Å²) < 4.78 is 5.54. The average molecular weight is 550 g/mol. The number of rotatable bonds is 7. The minimum atomic E-state index is -2.03. The number of fused-ring (bicyclic) bond motifs is 1. The molecule has 1 aromatic carbocycles. The molecule has 0 spiro atoms. The van der Waals surface area contributed by atoms with E-state index in [0.29, 0.717) is 46.7 Å². The molecule has 210 valence electrons. The quantitative estimate of drug-likeness (QED) is 0.301. The van der Waals surface area contributed by atoms with Crippen LogP contribution in [0.25, 0.3) is 0 Å². The molecule has 39 heavy (non-hydrogen) atoms. The zero-order valence-electron chi connectivity index (χ0n) is 25.1. The number of pyridine rings is 1. The van der Waals surface area contributed by atoms with E-state index < -0.39 is 14.2 Å². The van der Waals surface area contributed by atoms with Crippen LogP contribution in [0.1, 0.15) is 76.4 Å². The molecule has 0 aliphatic carbocycles. The van der Waals surface area contributed by atoms with E-state index in [9.17, 15) is 14.7 Å². The molecule has 1 aromatic heterocycles. The lowest BCUT2D eigenvalue weighted by Gasteiger charge is -2.38. The van der Waals surface area contributed by atoms with Gasteiger partial charge in [-0.25, -0.2) is 4.79 Å². The van der Waals surface area contributed by atoms with Crippen LogP contribution in [0.15, 0.2) is 18.3 Å². The lowest BCUT2D eigenvalue weighted by atomic mass is 10.0. The van der Waals surface area contributed by atoms with Gasteiger partial charge in [0, 0.05) is 36.4 Å². The fraction of sp³-hybridized carbons (Fsp3) is 0.516. The SMILES string of the molecule is COc1c(C)cnc(CN(C(=O)O)c2cc(C#C[Si](C(C)C)(C(C)C)C(C)C)c3c(c2)N(C(C)=O)CC3)c1C. The normalized spacial score (nSPS) is 13.0. The van der Waals surface area contributed by atoms with Crippen LogP contribution in [0.2, 0.25) is 16.6 Å². The second-order valence-corrected chi connectivity index (χ2v) is 17.1. The van der Waals surface area contributed by atoms with Gasteiger partial charge in [0.2, 0.25) is 5.91 Å². The number of methoxy groups -OCH3 is 1. The summed E-state index contributed by atoms with van der Waals surface area (Å²) in [5, 5.41) is 10.3. The molecule has 3 rings (SSSR count). The Hall–Kier alpha value is -3.31. The minimum absolute atomic E-state index is 0.0478. The Morgan fingerprint density at radius 2 is 1.74 bits per heavy atom. The number of carboxylic acid groups (broad SMARTS) is 1. The number of carbonyl (C=O) groups excluding carboxylic acids is 1. The van der Waals surface area contributed by atoms with E-state index in [1.54, 1.807) is 25.1 Å². The predicted molar refractivity (Wildman–Crippen MR) is 161 cm³/mol. The third kappa shape index (κ3) is 5.69. The van der Waals surface area contributed by atoms with Gasteiger partial charge in [-0.3, -0.25) is 14.7 Å². The first-order valence-corrected chi connectivity index (χ1v) is 16.0. The molecular weight excluding hydrogens is 506 g/mol. The highest BCUT2D eigenvalue weighted by molar-refractivity contribution is 6.90. The zero-order chi connectivity index (χ0) is 29.2. The first-order chi connectivity index (χ1) is 18.3. The number of ether oxygens (including phenoxy) is 1. The van der Waals surface area contributed by atoms with Crippen molar-refractivity contribution in [3.05, 3.63) is 46.3 Å². The molecule has 2 heterocycles. The summed E-state index contributed by atoms with van der Waals surface area (Å²) in [5.74, 6) is 4.18. The Bertz CT molecular complexity index is 1300. The number of benzene rings is 1. The van der Waals surface area contributed by atoms with E-state index in [2.05, 4.69) is 58.0 Å². The maximum absolute atomic E-state index is 12.6. The van der Waals surface area contributed by atoms with Gasteiger partial charge in [-0.2, -0.15) is 0 Å². The van der Waals surface area contributed by atoms with E-state index in [4.69, 9.17) is 4.74 Å². The summed E-state index contributed by atoms with van der Waals surface area (Å²) in [4.78, 5) is 32.6. The highest BCUT2D eigenvalue weighted by atomic mass is 28.3. The fourth-order valence-electron chi connectivity index (χ4n) is 6.34. The maximum atomic E-state index is 12.6. The number of aryl methyl sites for hydroxylation is 1. The van der Waals surface area contributed by atoms with Crippen LogP contribution in [-0.2, 0) is 17.8 Å². The number of aromatic nitrogens is 1. The van der Waals surface area contributed by atoms with E-state index in [0.717, 1.165) is 27.9 Å². The highest BCUT2D eigenvalue weighted by Gasteiger charge is 2.42. The molecule has 0 saturated heterocycles. The smallest absolute Gasteiger partial charge is 0.412 e. The molecule has 1 aliphatic rings. The van der Waals surface area contributed by atoms with Crippen molar-refractivity contribution in [3.8, 4) is 17.2 Å². The monoisotopic (exact) mass is 549 g/mol. The van der Waals surface area contributed by atoms with Crippen molar-refractivity contribution in [2.75, 3.05) is 23.5 Å². The van der Waals surface area contributed by atoms with Crippen molar-refractivity contribution < 1.29 is 19.4 Å². The van der Waals surface area contributed by atoms with Crippen molar-refractivity contribution >= 4 is 31.4 Å². The molecule has 0 radical (unpaired) electrons. The fourth-order valence-corrected chi connectivity index (χ4v) is 11.6. The third-order valence-electron chi connectivity index (χ3n) is 8.35. The third-order valence-corrected chi connectivity index (χ3v) is 14.6. The van der Waals surface area contributed by atoms with Gasteiger partial charge in [0.25, 0.3) is 0 Å².